The molecule has 0 atom stereocenters. The number of para-hydroxylation sites is 1. The number of nitrogens with one attached hydrogen (secondary N) is 2. The molecule has 0 aliphatic carbocycles. The van der Waals surface area contributed by atoms with Crippen LogP contribution in [0.2, 0.25) is 0 Å². The van der Waals surface area contributed by atoms with Crippen molar-refractivity contribution in [2.24, 2.45) is 0 Å². The average molecular weight is 314 g/mol. The number of hydrogen-bond donors (Lipinski definition) is 2. The highest BCUT2D eigenvalue weighted by molar-refractivity contribution is 6.04. The summed E-state index contributed by atoms with van der Waals surface area (Å²) < 4.78 is 0. The third-order valence-corrected chi connectivity index (χ3v) is 3.35. The molecular formula is C19H14N4O. The second-order valence-corrected chi connectivity index (χ2v) is 5.07. The van der Waals surface area contributed by atoms with Gasteiger partial charge in [-0.2, -0.15) is 5.26 Å². The predicted octanol–water partition coefficient (Wildman–Crippen LogP) is 3.95. The molecule has 1 amide bonds. The number of pyridine rings is 1. The number of aromatic nitrogens is 1. The standard InChI is InChI=1S/C19H14N4O/c20-12-18-7-6-14(13-21-18)19(24)23-17-10-8-16(9-11-17)22-15-4-2-1-3-5-15/h1-11,13,22H,(H,23,24). The second kappa shape index (κ2) is 7.07. The Bertz CT molecular complexity index is 866. The van der Waals surface area contributed by atoms with Crippen molar-refractivity contribution in [2.75, 3.05) is 10.6 Å². The minimum atomic E-state index is -0.268. The molecule has 2 N–H and O–H groups in total. The molecule has 116 valence electrons. The number of nitrogens with zero attached hydrogens (tertiary/aromatic N) is 2. The lowest BCUT2D eigenvalue weighted by molar-refractivity contribution is 0.102. The monoisotopic (exact) mass is 314 g/mol. The summed E-state index contributed by atoms with van der Waals surface area (Å²) >= 11 is 0. The Morgan fingerprint density at radius 2 is 1.54 bits per heavy atom. The molecule has 2 aromatic carbocycles. The number of carbonyl (C=O) groups excluding carboxylic acids is 1. The fourth-order valence-electron chi connectivity index (χ4n) is 2.12. The van der Waals surface area contributed by atoms with Gasteiger partial charge in [-0.15, -0.1) is 0 Å². The van der Waals surface area contributed by atoms with Crippen LogP contribution in [0.3, 0.4) is 0 Å². The first-order chi connectivity index (χ1) is 11.7. The fraction of sp³-hybridized carbons (Fsp3) is 0. The van der Waals surface area contributed by atoms with Gasteiger partial charge in [0.15, 0.2) is 0 Å². The first kappa shape index (κ1) is 15.3. The number of carbonyl (C=O) groups is 1. The summed E-state index contributed by atoms with van der Waals surface area (Å²) in [5.41, 5.74) is 3.29. The molecule has 0 saturated carbocycles. The zero-order valence-electron chi connectivity index (χ0n) is 12.7. The first-order valence-electron chi connectivity index (χ1n) is 7.34. The summed E-state index contributed by atoms with van der Waals surface area (Å²) in [6, 6.07) is 22.3. The zero-order chi connectivity index (χ0) is 16.8. The summed E-state index contributed by atoms with van der Waals surface area (Å²) in [6.07, 6.45) is 1.39. The van der Waals surface area contributed by atoms with E-state index in [0.29, 0.717) is 11.3 Å². The summed E-state index contributed by atoms with van der Waals surface area (Å²) in [5.74, 6) is -0.268. The van der Waals surface area contributed by atoms with E-state index < -0.39 is 0 Å². The molecule has 24 heavy (non-hydrogen) atoms. The van der Waals surface area contributed by atoms with E-state index in [2.05, 4.69) is 15.6 Å². The Morgan fingerprint density at radius 1 is 0.875 bits per heavy atom. The van der Waals surface area contributed by atoms with Crippen LogP contribution in [-0.2, 0) is 0 Å². The van der Waals surface area contributed by atoms with Crippen LogP contribution >= 0.6 is 0 Å². The molecule has 0 unspecified atom stereocenters. The van der Waals surface area contributed by atoms with Crippen LogP contribution in [0, 0.1) is 11.3 Å². The zero-order valence-corrected chi connectivity index (χ0v) is 12.7. The van der Waals surface area contributed by atoms with Crippen molar-refractivity contribution in [1.29, 1.82) is 5.26 Å². The van der Waals surface area contributed by atoms with E-state index in [1.54, 1.807) is 6.07 Å². The highest BCUT2D eigenvalue weighted by Crippen LogP contribution is 2.19. The molecule has 1 aromatic heterocycles. The van der Waals surface area contributed by atoms with Gasteiger partial charge in [-0.25, -0.2) is 4.98 Å². The Hall–Kier alpha value is -3.65. The van der Waals surface area contributed by atoms with Crippen molar-refractivity contribution in [3.8, 4) is 6.07 Å². The van der Waals surface area contributed by atoms with Gasteiger partial charge >= 0.3 is 0 Å². The second-order valence-electron chi connectivity index (χ2n) is 5.07. The van der Waals surface area contributed by atoms with Crippen LogP contribution in [0.5, 0.6) is 0 Å². The average Bonchev–Trinajstić information content (AvgIpc) is 2.64. The van der Waals surface area contributed by atoms with E-state index in [1.807, 2.05) is 60.7 Å². The third-order valence-electron chi connectivity index (χ3n) is 3.35. The molecule has 1 heterocycles. The SMILES string of the molecule is N#Cc1ccc(C(=O)Nc2ccc(Nc3ccccc3)cc2)cn1. The van der Waals surface area contributed by atoms with Crippen LogP contribution in [0.1, 0.15) is 16.1 Å². The van der Waals surface area contributed by atoms with E-state index in [1.165, 1.54) is 12.3 Å². The maximum atomic E-state index is 12.1. The van der Waals surface area contributed by atoms with Gasteiger partial charge < -0.3 is 10.6 Å². The van der Waals surface area contributed by atoms with Crippen LogP contribution in [0.25, 0.3) is 0 Å². The van der Waals surface area contributed by atoms with Gasteiger partial charge in [0, 0.05) is 23.3 Å². The number of anilines is 3. The molecule has 0 radical (unpaired) electrons. The van der Waals surface area contributed by atoms with Gasteiger partial charge in [0.1, 0.15) is 11.8 Å². The van der Waals surface area contributed by atoms with E-state index in [-0.39, 0.29) is 11.6 Å². The topological polar surface area (TPSA) is 77.8 Å². The lowest BCUT2D eigenvalue weighted by atomic mass is 10.2. The normalized spacial score (nSPS) is 9.79. The maximum absolute atomic E-state index is 12.1. The first-order valence-corrected chi connectivity index (χ1v) is 7.34. The lowest BCUT2D eigenvalue weighted by Gasteiger charge is -2.08. The number of amides is 1. The highest BCUT2D eigenvalue weighted by Gasteiger charge is 2.06. The minimum Gasteiger partial charge on any atom is -0.356 e. The summed E-state index contributed by atoms with van der Waals surface area (Å²) in [4.78, 5) is 16.0. The number of rotatable bonds is 4. The smallest absolute Gasteiger partial charge is 0.257 e. The molecular weight excluding hydrogens is 300 g/mol. The van der Waals surface area contributed by atoms with E-state index in [0.717, 1.165) is 11.4 Å². The molecule has 0 spiro atoms. The largest absolute Gasteiger partial charge is 0.356 e. The van der Waals surface area contributed by atoms with E-state index >= 15 is 0 Å². The van der Waals surface area contributed by atoms with Gasteiger partial charge in [0.2, 0.25) is 0 Å². The Labute approximate surface area is 139 Å². The molecule has 5 heteroatoms. The van der Waals surface area contributed by atoms with Crippen molar-refractivity contribution < 1.29 is 4.79 Å². The number of benzene rings is 2. The van der Waals surface area contributed by atoms with Crippen LogP contribution in [-0.4, -0.2) is 10.9 Å². The number of hydrogen-bond acceptors (Lipinski definition) is 4. The van der Waals surface area contributed by atoms with E-state index in [9.17, 15) is 4.79 Å². The molecule has 0 aliphatic heterocycles. The minimum absolute atomic E-state index is 0.268. The van der Waals surface area contributed by atoms with Gasteiger partial charge in [0.05, 0.1) is 5.56 Å². The molecule has 0 fully saturated rings. The lowest BCUT2D eigenvalue weighted by Crippen LogP contribution is -2.12. The third kappa shape index (κ3) is 3.76. The van der Waals surface area contributed by atoms with E-state index in [4.69, 9.17) is 5.26 Å². The molecule has 3 rings (SSSR count). The van der Waals surface area contributed by atoms with Crippen LogP contribution < -0.4 is 10.6 Å². The Morgan fingerprint density at radius 3 is 2.17 bits per heavy atom. The fourth-order valence-corrected chi connectivity index (χ4v) is 2.12. The van der Waals surface area contributed by atoms with Crippen molar-refractivity contribution in [3.05, 3.63) is 84.2 Å². The maximum Gasteiger partial charge on any atom is 0.257 e. The van der Waals surface area contributed by atoms with Crippen molar-refractivity contribution in [3.63, 3.8) is 0 Å². The van der Waals surface area contributed by atoms with Gasteiger partial charge in [-0.3, -0.25) is 4.79 Å². The van der Waals surface area contributed by atoms with Gasteiger partial charge in [-0.1, -0.05) is 18.2 Å². The van der Waals surface area contributed by atoms with Crippen molar-refractivity contribution >= 4 is 23.0 Å². The Balaban J connectivity index is 1.65. The molecule has 0 aliphatic rings. The molecule has 5 nitrogen and oxygen atoms in total. The summed E-state index contributed by atoms with van der Waals surface area (Å²) in [5, 5.41) is 14.8. The Kier molecular flexibility index (Phi) is 4.50. The van der Waals surface area contributed by atoms with Crippen LogP contribution in [0.15, 0.2) is 72.9 Å². The highest BCUT2D eigenvalue weighted by atomic mass is 16.1. The molecule has 0 bridgehead atoms. The van der Waals surface area contributed by atoms with Gasteiger partial charge in [-0.05, 0) is 48.5 Å². The van der Waals surface area contributed by atoms with Crippen molar-refractivity contribution in [1.82, 2.24) is 4.98 Å². The molecule has 0 saturated heterocycles. The molecule has 3 aromatic rings. The predicted molar refractivity (Wildman–Crippen MR) is 93.1 cm³/mol. The summed E-state index contributed by atoms with van der Waals surface area (Å²) in [7, 11) is 0. The number of nitriles is 1. The van der Waals surface area contributed by atoms with Gasteiger partial charge in [0.25, 0.3) is 5.91 Å². The van der Waals surface area contributed by atoms with Crippen molar-refractivity contribution in [2.45, 2.75) is 0 Å². The van der Waals surface area contributed by atoms with Crippen LogP contribution in [0.4, 0.5) is 17.1 Å². The summed E-state index contributed by atoms with van der Waals surface area (Å²) in [6.45, 7) is 0. The quantitative estimate of drug-likeness (QED) is 0.764.